The van der Waals surface area contributed by atoms with Gasteiger partial charge in [-0.1, -0.05) is 72.6 Å². The molecule has 7 nitrogen and oxygen atoms in total. The van der Waals surface area contributed by atoms with Crippen molar-refractivity contribution in [3.8, 4) is 0 Å². The van der Waals surface area contributed by atoms with Crippen molar-refractivity contribution in [2.45, 2.75) is 51.5 Å². The van der Waals surface area contributed by atoms with E-state index in [1.807, 2.05) is 63.2 Å². The van der Waals surface area contributed by atoms with Gasteiger partial charge in [-0.2, -0.15) is 0 Å². The predicted molar refractivity (Wildman–Crippen MR) is 152 cm³/mol. The van der Waals surface area contributed by atoms with Gasteiger partial charge in [0, 0.05) is 13.1 Å². The third-order valence-electron chi connectivity index (χ3n) is 6.41. The molecule has 2 amide bonds. The molecule has 0 aliphatic carbocycles. The van der Waals surface area contributed by atoms with Crippen LogP contribution in [0.5, 0.6) is 0 Å². The van der Waals surface area contributed by atoms with E-state index in [9.17, 15) is 18.0 Å². The molecule has 0 heterocycles. The van der Waals surface area contributed by atoms with Crippen LogP contribution in [-0.4, -0.2) is 50.8 Å². The van der Waals surface area contributed by atoms with Crippen LogP contribution in [0.4, 0.5) is 5.69 Å². The predicted octanol–water partition coefficient (Wildman–Crippen LogP) is 4.48. The smallest absolute Gasteiger partial charge is 0.264 e. The van der Waals surface area contributed by atoms with Gasteiger partial charge in [0.1, 0.15) is 12.6 Å². The Kier molecular flexibility index (Phi) is 10.1. The summed E-state index contributed by atoms with van der Waals surface area (Å²) < 4.78 is 28.7. The number of carbonyl (C=O) groups excluding carboxylic acids is 2. The van der Waals surface area contributed by atoms with Gasteiger partial charge in [-0.15, -0.1) is 0 Å². The third kappa shape index (κ3) is 7.44. The van der Waals surface area contributed by atoms with Crippen LogP contribution < -0.4 is 9.62 Å². The van der Waals surface area contributed by atoms with Crippen LogP contribution in [0.15, 0.2) is 83.8 Å². The standard InChI is InChI=1S/C30H37N3O4S/c1-5-20-31-30(35)25(4)32(21-19-26-9-7-6-8-10-26)29(34)22-33(27-15-11-23(2)12-16-27)38(36,37)28-17-13-24(3)14-18-28/h6-18,25H,5,19-22H2,1-4H3,(H,31,35). The number of sulfonamides is 1. The van der Waals surface area contributed by atoms with Crippen molar-refractivity contribution in [1.82, 2.24) is 10.2 Å². The second-order valence-corrected chi connectivity index (χ2v) is 11.3. The van der Waals surface area contributed by atoms with E-state index in [0.717, 1.165) is 27.4 Å². The Bertz CT molecular complexity index is 1310. The van der Waals surface area contributed by atoms with Crippen molar-refractivity contribution in [3.63, 3.8) is 0 Å². The van der Waals surface area contributed by atoms with Gasteiger partial charge in [0.05, 0.1) is 10.6 Å². The number of rotatable bonds is 12. The van der Waals surface area contributed by atoms with Crippen LogP contribution in [0.3, 0.4) is 0 Å². The summed E-state index contributed by atoms with van der Waals surface area (Å²) in [6.45, 7) is 7.77. The highest BCUT2D eigenvalue weighted by Crippen LogP contribution is 2.25. The van der Waals surface area contributed by atoms with Crippen LogP contribution in [0, 0.1) is 13.8 Å². The summed E-state index contributed by atoms with van der Waals surface area (Å²) in [4.78, 5) is 28.2. The van der Waals surface area contributed by atoms with Crippen molar-refractivity contribution in [3.05, 3.63) is 95.6 Å². The van der Waals surface area contributed by atoms with E-state index in [4.69, 9.17) is 0 Å². The molecule has 0 fully saturated rings. The second-order valence-electron chi connectivity index (χ2n) is 9.45. The third-order valence-corrected chi connectivity index (χ3v) is 8.20. The molecule has 1 atom stereocenters. The number of hydrogen-bond acceptors (Lipinski definition) is 4. The Balaban J connectivity index is 1.95. The zero-order valence-corrected chi connectivity index (χ0v) is 23.4. The van der Waals surface area contributed by atoms with E-state index in [-0.39, 0.29) is 17.3 Å². The van der Waals surface area contributed by atoms with Crippen molar-refractivity contribution in [1.29, 1.82) is 0 Å². The van der Waals surface area contributed by atoms with Crippen molar-refractivity contribution in [2.75, 3.05) is 23.9 Å². The Labute approximate surface area is 226 Å². The van der Waals surface area contributed by atoms with Crippen LogP contribution >= 0.6 is 0 Å². The maximum atomic E-state index is 13.8. The normalized spacial score (nSPS) is 12.0. The highest BCUT2D eigenvalue weighted by Gasteiger charge is 2.32. The van der Waals surface area contributed by atoms with Gasteiger partial charge in [0.15, 0.2) is 0 Å². The molecule has 3 aromatic carbocycles. The average molecular weight is 536 g/mol. The van der Waals surface area contributed by atoms with E-state index in [1.54, 1.807) is 43.3 Å². The fourth-order valence-corrected chi connectivity index (χ4v) is 5.46. The Hall–Kier alpha value is -3.65. The molecular weight excluding hydrogens is 498 g/mol. The monoisotopic (exact) mass is 535 g/mol. The first kappa shape index (κ1) is 28.9. The molecule has 38 heavy (non-hydrogen) atoms. The molecule has 1 unspecified atom stereocenters. The first-order valence-electron chi connectivity index (χ1n) is 12.9. The van der Waals surface area contributed by atoms with Crippen molar-refractivity contribution >= 4 is 27.5 Å². The fraction of sp³-hybridized carbons (Fsp3) is 0.333. The van der Waals surface area contributed by atoms with E-state index < -0.39 is 28.5 Å². The lowest BCUT2D eigenvalue weighted by atomic mass is 10.1. The summed E-state index contributed by atoms with van der Waals surface area (Å²) in [6.07, 6.45) is 1.31. The van der Waals surface area contributed by atoms with Crippen LogP contribution in [0.1, 0.15) is 37.0 Å². The molecule has 3 aromatic rings. The highest BCUT2D eigenvalue weighted by atomic mass is 32.2. The second kappa shape index (κ2) is 13.2. The lowest BCUT2D eigenvalue weighted by Gasteiger charge is -2.32. The molecule has 3 rings (SSSR count). The summed E-state index contributed by atoms with van der Waals surface area (Å²) in [5.41, 5.74) is 3.31. The molecular formula is C30H37N3O4S. The Morgan fingerprint density at radius 2 is 1.45 bits per heavy atom. The Morgan fingerprint density at radius 1 is 0.868 bits per heavy atom. The van der Waals surface area contributed by atoms with Gasteiger partial charge < -0.3 is 10.2 Å². The van der Waals surface area contributed by atoms with Gasteiger partial charge in [-0.3, -0.25) is 13.9 Å². The molecule has 0 aromatic heterocycles. The zero-order valence-electron chi connectivity index (χ0n) is 22.6. The molecule has 0 saturated carbocycles. The first-order valence-corrected chi connectivity index (χ1v) is 14.3. The maximum absolute atomic E-state index is 13.8. The molecule has 0 spiro atoms. The van der Waals surface area contributed by atoms with Crippen LogP contribution in [0.2, 0.25) is 0 Å². The molecule has 1 N–H and O–H groups in total. The van der Waals surface area contributed by atoms with E-state index in [1.165, 1.54) is 4.90 Å². The number of nitrogens with zero attached hydrogens (tertiary/aromatic N) is 2. The molecule has 0 saturated heterocycles. The van der Waals surface area contributed by atoms with E-state index in [2.05, 4.69) is 5.32 Å². The topological polar surface area (TPSA) is 86.8 Å². The van der Waals surface area contributed by atoms with Gasteiger partial charge >= 0.3 is 0 Å². The van der Waals surface area contributed by atoms with Crippen LogP contribution in [0.25, 0.3) is 0 Å². The average Bonchev–Trinajstić information content (AvgIpc) is 2.91. The van der Waals surface area contributed by atoms with E-state index >= 15 is 0 Å². The molecule has 0 bridgehead atoms. The minimum Gasteiger partial charge on any atom is -0.354 e. The van der Waals surface area contributed by atoms with Crippen LogP contribution in [-0.2, 0) is 26.0 Å². The van der Waals surface area contributed by atoms with Crippen molar-refractivity contribution < 1.29 is 18.0 Å². The van der Waals surface area contributed by atoms with Gasteiger partial charge in [0.25, 0.3) is 10.0 Å². The number of anilines is 1. The maximum Gasteiger partial charge on any atom is 0.264 e. The summed E-state index contributed by atoms with van der Waals surface area (Å²) >= 11 is 0. The number of nitrogens with one attached hydrogen (secondary N) is 1. The van der Waals surface area contributed by atoms with Gasteiger partial charge in [0.2, 0.25) is 11.8 Å². The summed E-state index contributed by atoms with van der Waals surface area (Å²) in [5.74, 6) is -0.715. The molecule has 8 heteroatoms. The highest BCUT2D eigenvalue weighted by molar-refractivity contribution is 7.92. The molecule has 0 aliphatic rings. The number of amides is 2. The van der Waals surface area contributed by atoms with Gasteiger partial charge in [-0.25, -0.2) is 8.42 Å². The number of aryl methyl sites for hydroxylation is 2. The van der Waals surface area contributed by atoms with Gasteiger partial charge in [-0.05, 0) is 63.4 Å². The van der Waals surface area contributed by atoms with Crippen molar-refractivity contribution in [2.24, 2.45) is 0 Å². The zero-order chi connectivity index (χ0) is 27.7. The number of benzene rings is 3. The minimum atomic E-state index is -4.05. The minimum absolute atomic E-state index is 0.0982. The number of carbonyl (C=O) groups is 2. The summed E-state index contributed by atoms with van der Waals surface area (Å²) in [5, 5.41) is 2.85. The molecule has 202 valence electrons. The molecule has 0 aliphatic heterocycles. The SMILES string of the molecule is CCCNC(=O)C(C)N(CCc1ccccc1)C(=O)CN(c1ccc(C)cc1)S(=O)(=O)c1ccc(C)cc1. The molecule has 0 radical (unpaired) electrons. The number of hydrogen-bond donors (Lipinski definition) is 1. The summed E-state index contributed by atoms with van der Waals surface area (Å²) in [6, 6.07) is 22.5. The quantitative estimate of drug-likeness (QED) is 0.370. The lowest BCUT2D eigenvalue weighted by molar-refractivity contribution is -0.138. The Morgan fingerprint density at radius 3 is 2.03 bits per heavy atom. The summed E-state index contributed by atoms with van der Waals surface area (Å²) in [7, 11) is -4.05. The van der Waals surface area contributed by atoms with E-state index in [0.29, 0.717) is 18.7 Å². The first-order chi connectivity index (χ1) is 18.1. The largest absolute Gasteiger partial charge is 0.354 e. The lowest BCUT2D eigenvalue weighted by Crippen LogP contribution is -2.52. The fourth-order valence-electron chi connectivity index (χ4n) is 4.04.